The number of hydrogen-bond acceptors (Lipinski definition) is 7. The van der Waals surface area contributed by atoms with Crippen LogP contribution in [0.3, 0.4) is 0 Å². The van der Waals surface area contributed by atoms with Gasteiger partial charge in [-0.05, 0) is 47.7 Å². The first kappa shape index (κ1) is 21.5. The smallest absolute Gasteiger partial charge is 0.226 e. The first-order valence-corrected chi connectivity index (χ1v) is 11.3. The molecular formula is C24H23BrN4O4. The zero-order chi connectivity index (χ0) is 23.1. The molecule has 1 aliphatic carbocycles. The minimum Gasteiger partial charge on any atom is -0.493 e. The van der Waals surface area contributed by atoms with E-state index in [1.54, 1.807) is 26.0 Å². The van der Waals surface area contributed by atoms with Crippen LogP contribution in [0.15, 0.2) is 58.5 Å². The number of anilines is 1. The van der Waals surface area contributed by atoms with Crippen LogP contribution in [0, 0.1) is 0 Å². The molecule has 0 spiro atoms. The van der Waals surface area contributed by atoms with E-state index in [4.69, 9.17) is 14.2 Å². The largest absolute Gasteiger partial charge is 0.493 e. The predicted octanol–water partition coefficient (Wildman–Crippen LogP) is 4.48. The molecule has 2 aliphatic rings. The van der Waals surface area contributed by atoms with Crippen LogP contribution in [-0.2, 0) is 4.79 Å². The molecule has 0 unspecified atom stereocenters. The number of methoxy groups -OCH3 is 3. The van der Waals surface area contributed by atoms with E-state index >= 15 is 0 Å². The quantitative estimate of drug-likeness (QED) is 0.541. The van der Waals surface area contributed by atoms with Gasteiger partial charge in [-0.15, -0.1) is 0 Å². The predicted molar refractivity (Wildman–Crippen MR) is 126 cm³/mol. The van der Waals surface area contributed by atoms with E-state index in [2.05, 4.69) is 31.3 Å². The Morgan fingerprint density at radius 1 is 1.00 bits per heavy atom. The van der Waals surface area contributed by atoms with Gasteiger partial charge >= 0.3 is 0 Å². The minimum absolute atomic E-state index is 0.0440. The molecular weight excluding hydrogens is 488 g/mol. The summed E-state index contributed by atoms with van der Waals surface area (Å²) in [5.74, 6) is 2.34. The zero-order valence-electron chi connectivity index (χ0n) is 18.5. The third-order valence-corrected chi connectivity index (χ3v) is 6.73. The van der Waals surface area contributed by atoms with Crippen molar-refractivity contribution in [1.29, 1.82) is 0 Å². The molecule has 0 bridgehead atoms. The standard InChI is InChI=1S/C24H23BrN4O4/c1-31-19-10-15(11-20(32-2)23(19)33-3)14-8-17-21(18(30)9-14)22(13-4-6-16(25)7-5-13)29-24(28-17)26-12-27-29/h4-7,10-12,14,22H,8-9H2,1-3H3,(H,26,27,28)/t14-,22+/m1/s1. The number of hydrogen-bond donors (Lipinski definition) is 1. The van der Waals surface area contributed by atoms with E-state index < -0.39 is 0 Å². The number of nitrogens with one attached hydrogen (secondary N) is 1. The number of aromatic nitrogens is 3. The fraction of sp³-hybridized carbons (Fsp3) is 0.292. The van der Waals surface area contributed by atoms with Crippen LogP contribution < -0.4 is 19.5 Å². The first-order chi connectivity index (χ1) is 16.0. The summed E-state index contributed by atoms with van der Waals surface area (Å²) in [6, 6.07) is 11.5. The Kier molecular flexibility index (Phi) is 5.57. The van der Waals surface area contributed by atoms with Crippen LogP contribution in [0.25, 0.3) is 0 Å². The number of carbonyl (C=O) groups excluding carboxylic acids is 1. The third kappa shape index (κ3) is 3.66. The number of ether oxygens (including phenoxy) is 3. The van der Waals surface area contributed by atoms with Crippen LogP contribution in [-0.4, -0.2) is 41.9 Å². The maximum absolute atomic E-state index is 13.6. The summed E-state index contributed by atoms with van der Waals surface area (Å²) >= 11 is 3.49. The number of Topliss-reactive ketones (excluding diaryl/α,β-unsaturated/α-hetero) is 1. The summed E-state index contributed by atoms with van der Waals surface area (Å²) in [7, 11) is 4.75. The highest BCUT2D eigenvalue weighted by Crippen LogP contribution is 2.47. The highest BCUT2D eigenvalue weighted by atomic mass is 79.9. The van der Waals surface area contributed by atoms with E-state index in [1.165, 1.54) is 6.33 Å². The van der Waals surface area contributed by atoms with Gasteiger partial charge in [-0.3, -0.25) is 4.79 Å². The number of fused-ring (bicyclic) bond motifs is 1. The number of halogens is 1. The van der Waals surface area contributed by atoms with E-state index in [1.807, 2.05) is 36.4 Å². The Hall–Kier alpha value is -3.33. The van der Waals surface area contributed by atoms with Crippen molar-refractivity contribution >= 4 is 27.7 Å². The molecule has 2 aromatic carbocycles. The molecule has 8 nitrogen and oxygen atoms in total. The maximum Gasteiger partial charge on any atom is 0.226 e. The van der Waals surface area contributed by atoms with Gasteiger partial charge in [0.1, 0.15) is 12.4 Å². The van der Waals surface area contributed by atoms with Gasteiger partial charge in [-0.2, -0.15) is 10.1 Å². The molecule has 33 heavy (non-hydrogen) atoms. The molecule has 2 atom stereocenters. The molecule has 0 fully saturated rings. The lowest BCUT2D eigenvalue weighted by atomic mass is 9.78. The van der Waals surface area contributed by atoms with Crippen LogP contribution in [0.4, 0.5) is 5.95 Å². The van der Waals surface area contributed by atoms with Crippen molar-refractivity contribution in [1.82, 2.24) is 14.8 Å². The highest BCUT2D eigenvalue weighted by molar-refractivity contribution is 9.10. The van der Waals surface area contributed by atoms with E-state index in [0.29, 0.717) is 36.0 Å². The molecule has 1 aromatic heterocycles. The van der Waals surface area contributed by atoms with E-state index in [0.717, 1.165) is 26.9 Å². The summed E-state index contributed by atoms with van der Waals surface area (Å²) in [4.78, 5) is 17.9. The molecule has 2 heterocycles. The number of rotatable bonds is 5. The summed E-state index contributed by atoms with van der Waals surface area (Å²) < 4.78 is 19.2. The van der Waals surface area contributed by atoms with Gasteiger partial charge in [0.05, 0.1) is 21.3 Å². The average Bonchev–Trinajstić information content (AvgIpc) is 3.30. The van der Waals surface area contributed by atoms with Crippen molar-refractivity contribution in [3.63, 3.8) is 0 Å². The van der Waals surface area contributed by atoms with Gasteiger partial charge in [-0.25, -0.2) is 4.68 Å². The Labute approximate surface area is 199 Å². The molecule has 3 aromatic rings. The van der Waals surface area contributed by atoms with Gasteiger partial charge in [0.25, 0.3) is 0 Å². The first-order valence-electron chi connectivity index (χ1n) is 10.5. The van der Waals surface area contributed by atoms with Crippen molar-refractivity contribution in [3.8, 4) is 17.2 Å². The molecule has 0 saturated carbocycles. The molecule has 9 heteroatoms. The van der Waals surface area contributed by atoms with Crippen LogP contribution in [0.1, 0.15) is 35.9 Å². The van der Waals surface area contributed by atoms with E-state index in [9.17, 15) is 4.79 Å². The van der Waals surface area contributed by atoms with Crippen molar-refractivity contribution in [2.24, 2.45) is 0 Å². The molecule has 1 N–H and O–H groups in total. The van der Waals surface area contributed by atoms with Gasteiger partial charge in [0, 0.05) is 22.2 Å². The Balaban J connectivity index is 1.57. The Bertz CT molecular complexity index is 1230. The molecule has 0 saturated heterocycles. The van der Waals surface area contributed by atoms with Crippen molar-refractivity contribution in [3.05, 3.63) is 69.6 Å². The topological polar surface area (TPSA) is 87.5 Å². The molecule has 1 aliphatic heterocycles. The number of nitrogens with zero attached hydrogens (tertiary/aromatic N) is 3. The number of benzene rings is 2. The number of ketones is 1. The van der Waals surface area contributed by atoms with Gasteiger partial charge in [0.2, 0.25) is 11.7 Å². The highest BCUT2D eigenvalue weighted by Gasteiger charge is 2.39. The van der Waals surface area contributed by atoms with Crippen molar-refractivity contribution < 1.29 is 19.0 Å². The molecule has 0 amide bonds. The van der Waals surface area contributed by atoms with E-state index in [-0.39, 0.29) is 17.7 Å². The van der Waals surface area contributed by atoms with Crippen LogP contribution >= 0.6 is 15.9 Å². The maximum atomic E-state index is 13.6. The normalized spacial score (nSPS) is 19.5. The van der Waals surface area contributed by atoms with Crippen LogP contribution in [0.5, 0.6) is 17.2 Å². The fourth-order valence-electron chi connectivity index (χ4n) is 4.68. The van der Waals surface area contributed by atoms with Gasteiger partial charge in [0.15, 0.2) is 17.3 Å². The van der Waals surface area contributed by atoms with Crippen LogP contribution in [0.2, 0.25) is 0 Å². The fourth-order valence-corrected chi connectivity index (χ4v) is 4.94. The number of carbonyl (C=O) groups is 1. The summed E-state index contributed by atoms with van der Waals surface area (Å²) in [5.41, 5.74) is 3.55. The summed E-state index contributed by atoms with van der Waals surface area (Å²) in [6.45, 7) is 0. The second-order valence-electron chi connectivity index (χ2n) is 7.99. The summed E-state index contributed by atoms with van der Waals surface area (Å²) in [5, 5.41) is 7.75. The molecule has 170 valence electrons. The van der Waals surface area contributed by atoms with Crippen molar-refractivity contribution in [2.75, 3.05) is 26.6 Å². The Morgan fingerprint density at radius 2 is 1.70 bits per heavy atom. The summed E-state index contributed by atoms with van der Waals surface area (Å²) in [6.07, 6.45) is 2.53. The van der Waals surface area contributed by atoms with Gasteiger partial charge < -0.3 is 19.5 Å². The average molecular weight is 511 g/mol. The monoisotopic (exact) mass is 510 g/mol. The zero-order valence-corrected chi connectivity index (χ0v) is 20.0. The van der Waals surface area contributed by atoms with Crippen molar-refractivity contribution in [2.45, 2.75) is 24.8 Å². The minimum atomic E-state index is -0.319. The molecule has 0 radical (unpaired) electrons. The third-order valence-electron chi connectivity index (χ3n) is 6.21. The Morgan fingerprint density at radius 3 is 2.33 bits per heavy atom. The lowest BCUT2D eigenvalue weighted by Gasteiger charge is -2.35. The SMILES string of the molecule is COc1cc([C@H]2CC(=O)C3=C(C2)Nc2ncnn2[C@H]3c2ccc(Br)cc2)cc(OC)c1OC. The lowest BCUT2D eigenvalue weighted by molar-refractivity contribution is -0.116. The second kappa shape index (κ2) is 8.55. The second-order valence-corrected chi connectivity index (χ2v) is 8.90. The molecule has 5 rings (SSSR count). The van der Waals surface area contributed by atoms with Gasteiger partial charge in [-0.1, -0.05) is 28.1 Å². The lowest BCUT2D eigenvalue weighted by Crippen LogP contribution is -2.33. The number of allylic oxidation sites excluding steroid dienone is 2.